The van der Waals surface area contributed by atoms with Gasteiger partial charge in [-0.25, -0.2) is 4.99 Å². The molecule has 0 atom stereocenters. The highest BCUT2D eigenvalue weighted by Gasteiger charge is 2.10. The third-order valence-corrected chi connectivity index (χ3v) is 2.28. The van der Waals surface area contributed by atoms with Crippen LogP contribution < -0.4 is 5.73 Å². The van der Waals surface area contributed by atoms with E-state index in [4.69, 9.17) is 17.3 Å². The first-order valence-corrected chi connectivity index (χ1v) is 5.11. The Morgan fingerprint density at radius 1 is 1.44 bits per heavy atom. The summed E-state index contributed by atoms with van der Waals surface area (Å²) in [5, 5.41) is 0.576. The van der Waals surface area contributed by atoms with Crippen LogP contribution in [0.25, 0.3) is 0 Å². The van der Waals surface area contributed by atoms with Crippen LogP contribution >= 0.6 is 11.6 Å². The second-order valence-electron chi connectivity index (χ2n) is 3.62. The second-order valence-corrected chi connectivity index (χ2v) is 4.06. The van der Waals surface area contributed by atoms with Crippen LogP contribution in [0.3, 0.4) is 0 Å². The van der Waals surface area contributed by atoms with Crippen LogP contribution in [0.5, 0.6) is 0 Å². The number of aryl methyl sites for hydroxylation is 1. The predicted molar refractivity (Wildman–Crippen MR) is 66.2 cm³/mol. The number of primary amides is 1. The van der Waals surface area contributed by atoms with Gasteiger partial charge >= 0.3 is 0 Å². The summed E-state index contributed by atoms with van der Waals surface area (Å²) in [5.41, 5.74) is 6.81. The van der Waals surface area contributed by atoms with E-state index in [9.17, 15) is 4.79 Å². The Hall–Kier alpha value is -1.55. The molecule has 0 saturated carbocycles. The highest BCUT2D eigenvalue weighted by Crippen LogP contribution is 2.23. The zero-order chi connectivity index (χ0) is 12.3. The Labute approximate surface area is 99.7 Å². The Morgan fingerprint density at radius 3 is 2.56 bits per heavy atom. The van der Waals surface area contributed by atoms with Crippen molar-refractivity contribution in [2.75, 3.05) is 14.1 Å². The SMILES string of the molecule is Cc1ccc(Cl)cc1N=C(C(N)=O)N(C)C. The van der Waals surface area contributed by atoms with Crippen LogP contribution in [0.1, 0.15) is 5.56 Å². The minimum Gasteiger partial charge on any atom is -0.363 e. The van der Waals surface area contributed by atoms with Gasteiger partial charge in [-0.3, -0.25) is 4.79 Å². The first-order valence-electron chi connectivity index (χ1n) is 4.74. The molecule has 1 aromatic rings. The van der Waals surface area contributed by atoms with E-state index >= 15 is 0 Å². The van der Waals surface area contributed by atoms with E-state index in [0.717, 1.165) is 5.56 Å². The van der Waals surface area contributed by atoms with Crippen molar-refractivity contribution < 1.29 is 4.79 Å². The molecule has 0 radical (unpaired) electrons. The summed E-state index contributed by atoms with van der Waals surface area (Å²) in [6.07, 6.45) is 0. The molecule has 0 heterocycles. The molecule has 0 saturated heterocycles. The molecule has 1 aromatic carbocycles. The van der Waals surface area contributed by atoms with Crippen LogP contribution in [0, 0.1) is 6.92 Å². The highest BCUT2D eigenvalue weighted by atomic mass is 35.5. The molecular weight excluding hydrogens is 226 g/mol. The number of carbonyl (C=O) groups excluding carboxylic acids is 1. The van der Waals surface area contributed by atoms with Gasteiger partial charge in [-0.1, -0.05) is 17.7 Å². The van der Waals surface area contributed by atoms with Crippen molar-refractivity contribution in [1.29, 1.82) is 0 Å². The van der Waals surface area contributed by atoms with E-state index in [1.165, 1.54) is 0 Å². The fourth-order valence-corrected chi connectivity index (χ4v) is 1.36. The summed E-state index contributed by atoms with van der Waals surface area (Å²) in [6, 6.07) is 5.31. The van der Waals surface area contributed by atoms with Crippen molar-refractivity contribution in [2.24, 2.45) is 10.7 Å². The van der Waals surface area contributed by atoms with Gasteiger partial charge in [0.15, 0.2) is 5.84 Å². The fraction of sp³-hybridized carbons (Fsp3) is 0.273. The third-order valence-electron chi connectivity index (χ3n) is 2.04. The van der Waals surface area contributed by atoms with Crippen LogP contribution in [0.2, 0.25) is 5.02 Å². The van der Waals surface area contributed by atoms with Crippen molar-refractivity contribution in [3.05, 3.63) is 28.8 Å². The lowest BCUT2D eigenvalue weighted by Crippen LogP contribution is -2.35. The first kappa shape index (κ1) is 12.5. The van der Waals surface area contributed by atoms with E-state index in [0.29, 0.717) is 10.7 Å². The topological polar surface area (TPSA) is 58.7 Å². The molecule has 0 aliphatic rings. The van der Waals surface area contributed by atoms with E-state index in [2.05, 4.69) is 4.99 Å². The molecule has 16 heavy (non-hydrogen) atoms. The minimum atomic E-state index is -0.565. The average Bonchev–Trinajstić information content (AvgIpc) is 2.18. The van der Waals surface area contributed by atoms with Crippen molar-refractivity contribution in [3.8, 4) is 0 Å². The summed E-state index contributed by atoms with van der Waals surface area (Å²) in [4.78, 5) is 16.9. The normalized spacial score (nSPS) is 11.4. The Kier molecular flexibility index (Phi) is 3.90. The molecule has 0 aliphatic carbocycles. The van der Waals surface area contributed by atoms with Gasteiger partial charge in [-0.2, -0.15) is 0 Å². The van der Waals surface area contributed by atoms with Gasteiger partial charge in [0.1, 0.15) is 0 Å². The van der Waals surface area contributed by atoms with E-state index in [1.54, 1.807) is 31.1 Å². The van der Waals surface area contributed by atoms with Gasteiger partial charge in [0.05, 0.1) is 5.69 Å². The van der Waals surface area contributed by atoms with Gasteiger partial charge in [0, 0.05) is 19.1 Å². The summed E-state index contributed by atoms with van der Waals surface area (Å²) in [6.45, 7) is 1.89. The number of aliphatic imine (C=N–C) groups is 1. The molecule has 0 fully saturated rings. The number of rotatable bonds is 1. The van der Waals surface area contributed by atoms with Crippen molar-refractivity contribution in [1.82, 2.24) is 4.90 Å². The summed E-state index contributed by atoms with van der Waals surface area (Å²) >= 11 is 5.86. The highest BCUT2D eigenvalue weighted by molar-refractivity contribution is 6.37. The van der Waals surface area contributed by atoms with Crippen LogP contribution in [-0.4, -0.2) is 30.7 Å². The number of halogens is 1. The van der Waals surface area contributed by atoms with Gasteiger partial charge < -0.3 is 10.6 Å². The molecule has 0 aromatic heterocycles. The van der Waals surface area contributed by atoms with Crippen LogP contribution in [0.4, 0.5) is 5.69 Å². The maximum absolute atomic E-state index is 11.2. The molecule has 86 valence electrons. The smallest absolute Gasteiger partial charge is 0.284 e. The summed E-state index contributed by atoms with van der Waals surface area (Å²) in [5.74, 6) is -0.366. The number of hydrogen-bond donors (Lipinski definition) is 1. The minimum absolute atomic E-state index is 0.199. The zero-order valence-electron chi connectivity index (χ0n) is 9.49. The van der Waals surface area contributed by atoms with Crippen LogP contribution in [0.15, 0.2) is 23.2 Å². The predicted octanol–water partition coefficient (Wildman–Crippen LogP) is 1.73. The molecule has 0 unspecified atom stereocenters. The second kappa shape index (κ2) is 4.99. The quantitative estimate of drug-likeness (QED) is 0.599. The molecule has 0 aliphatic heterocycles. The summed E-state index contributed by atoms with van der Waals surface area (Å²) in [7, 11) is 3.42. The monoisotopic (exact) mass is 239 g/mol. The number of amides is 1. The molecule has 1 amide bonds. The number of likely N-dealkylation sites (N-methyl/N-ethyl adjacent to an activating group) is 1. The lowest BCUT2D eigenvalue weighted by molar-refractivity contribution is -0.112. The van der Waals surface area contributed by atoms with E-state index < -0.39 is 5.91 Å². The molecule has 1 rings (SSSR count). The molecule has 2 N–H and O–H groups in total. The van der Waals surface area contributed by atoms with Gasteiger partial charge in [-0.05, 0) is 24.6 Å². The average molecular weight is 240 g/mol. The van der Waals surface area contributed by atoms with Gasteiger partial charge in [-0.15, -0.1) is 0 Å². The number of amidine groups is 1. The van der Waals surface area contributed by atoms with Crippen molar-refractivity contribution >= 4 is 29.0 Å². The van der Waals surface area contributed by atoms with Gasteiger partial charge in [0.2, 0.25) is 0 Å². The molecule has 4 nitrogen and oxygen atoms in total. The number of carbonyl (C=O) groups is 1. The maximum atomic E-state index is 11.2. The first-order chi connectivity index (χ1) is 7.41. The Morgan fingerprint density at radius 2 is 2.06 bits per heavy atom. The largest absolute Gasteiger partial charge is 0.363 e. The number of hydrogen-bond acceptors (Lipinski definition) is 2. The Bertz CT molecular complexity index is 441. The lowest BCUT2D eigenvalue weighted by atomic mass is 10.2. The lowest BCUT2D eigenvalue weighted by Gasteiger charge is -2.12. The fourth-order valence-electron chi connectivity index (χ4n) is 1.19. The molecule has 0 spiro atoms. The Balaban J connectivity index is 3.22. The molecule has 5 heteroatoms. The number of benzene rings is 1. The van der Waals surface area contributed by atoms with Crippen LogP contribution in [-0.2, 0) is 4.79 Å². The van der Waals surface area contributed by atoms with Gasteiger partial charge in [0.25, 0.3) is 5.91 Å². The molecular formula is C11H14ClN3O. The maximum Gasteiger partial charge on any atom is 0.284 e. The van der Waals surface area contributed by atoms with E-state index in [-0.39, 0.29) is 5.84 Å². The summed E-state index contributed by atoms with van der Waals surface area (Å²) < 4.78 is 0. The zero-order valence-corrected chi connectivity index (χ0v) is 10.2. The molecule has 0 bridgehead atoms. The number of nitrogens with zero attached hydrogens (tertiary/aromatic N) is 2. The van der Waals surface area contributed by atoms with E-state index in [1.807, 2.05) is 13.0 Å². The van der Waals surface area contributed by atoms with Crippen molar-refractivity contribution in [2.45, 2.75) is 6.92 Å². The third kappa shape index (κ3) is 2.97. The standard InChI is InChI=1S/C11H14ClN3O/c1-7-4-5-8(12)6-9(7)14-11(10(13)16)15(2)3/h4-6H,1-3H3,(H2,13,16). The number of nitrogens with two attached hydrogens (primary N) is 1. The van der Waals surface area contributed by atoms with Crippen molar-refractivity contribution in [3.63, 3.8) is 0 Å².